The molecular formula is C13H12ClN3O. The van der Waals surface area contributed by atoms with Crippen LogP contribution in [0.15, 0.2) is 58.3 Å². The molecule has 0 fully saturated rings. The van der Waals surface area contributed by atoms with Crippen molar-refractivity contribution in [1.29, 1.82) is 0 Å². The first-order chi connectivity index (χ1) is 8.83. The molecule has 0 atom stereocenters. The number of hydrogen-bond donors (Lipinski definition) is 1. The Morgan fingerprint density at radius 2 is 1.83 bits per heavy atom. The molecule has 2 aromatic rings. The second-order valence-electron chi connectivity index (χ2n) is 3.55. The van der Waals surface area contributed by atoms with Crippen molar-refractivity contribution in [3.63, 3.8) is 0 Å². The average molecular weight is 262 g/mol. The maximum absolute atomic E-state index is 5.22. The van der Waals surface area contributed by atoms with Gasteiger partial charge in [-0.1, -0.05) is 22.8 Å². The van der Waals surface area contributed by atoms with Crippen molar-refractivity contribution in [2.75, 3.05) is 12.4 Å². The van der Waals surface area contributed by atoms with Gasteiger partial charge in [-0.3, -0.25) is 0 Å². The van der Waals surface area contributed by atoms with E-state index in [9.17, 15) is 0 Å². The maximum Gasteiger partial charge on any atom is 0.148 e. The summed E-state index contributed by atoms with van der Waals surface area (Å²) in [6.45, 7) is 0. The first kappa shape index (κ1) is 12.4. The Morgan fingerprint density at radius 1 is 1.06 bits per heavy atom. The predicted octanol–water partition coefficient (Wildman–Crippen LogP) is 4.68. The monoisotopic (exact) mass is 261 g/mol. The molecule has 0 saturated heterocycles. The lowest BCUT2D eigenvalue weighted by Gasteiger charge is -2.09. The zero-order valence-corrected chi connectivity index (χ0v) is 10.6. The molecule has 0 radical (unpaired) electrons. The Morgan fingerprint density at radius 3 is 2.50 bits per heavy atom. The Bertz CT molecular complexity index is 543. The zero-order valence-electron chi connectivity index (χ0n) is 9.80. The highest BCUT2D eigenvalue weighted by molar-refractivity contribution is 6.14. The Kier molecular flexibility index (Phi) is 4.15. The number of rotatable bonds is 4. The van der Waals surface area contributed by atoms with Gasteiger partial charge < -0.3 is 10.1 Å². The molecule has 0 aliphatic rings. The van der Waals surface area contributed by atoms with E-state index in [2.05, 4.69) is 15.1 Å². The number of halogens is 1. The van der Waals surface area contributed by atoms with E-state index in [4.69, 9.17) is 16.5 Å². The van der Waals surface area contributed by atoms with E-state index in [1.54, 1.807) is 13.2 Å². The number of benzene rings is 2. The molecule has 0 aromatic heterocycles. The molecule has 0 amide bonds. The van der Waals surface area contributed by atoms with Crippen LogP contribution in [-0.4, -0.2) is 7.11 Å². The van der Waals surface area contributed by atoms with Crippen LogP contribution in [0.2, 0.25) is 0 Å². The first-order valence-electron chi connectivity index (χ1n) is 5.35. The molecule has 2 aromatic carbocycles. The van der Waals surface area contributed by atoms with E-state index in [1.165, 1.54) is 0 Å². The van der Waals surface area contributed by atoms with Crippen molar-refractivity contribution in [3.8, 4) is 5.75 Å². The van der Waals surface area contributed by atoms with E-state index in [0.717, 1.165) is 11.4 Å². The SMILES string of the molecule is COc1cc(Nc2ccccc2)ccc1N=NCl. The summed E-state index contributed by atoms with van der Waals surface area (Å²) in [5.74, 6) is 0.611. The summed E-state index contributed by atoms with van der Waals surface area (Å²) in [4.78, 5) is 0. The topological polar surface area (TPSA) is 46.0 Å². The second kappa shape index (κ2) is 6.02. The van der Waals surface area contributed by atoms with Gasteiger partial charge in [0, 0.05) is 17.4 Å². The molecule has 0 saturated carbocycles. The molecule has 4 nitrogen and oxygen atoms in total. The minimum absolute atomic E-state index is 0.589. The van der Waals surface area contributed by atoms with Crippen LogP contribution in [0.25, 0.3) is 0 Å². The molecule has 92 valence electrons. The van der Waals surface area contributed by atoms with E-state index < -0.39 is 0 Å². The van der Waals surface area contributed by atoms with Crippen LogP contribution in [0.4, 0.5) is 17.1 Å². The van der Waals surface area contributed by atoms with Crippen molar-refractivity contribution in [2.45, 2.75) is 0 Å². The number of anilines is 2. The lowest BCUT2D eigenvalue weighted by molar-refractivity contribution is 0.416. The van der Waals surface area contributed by atoms with Crippen molar-refractivity contribution >= 4 is 28.8 Å². The van der Waals surface area contributed by atoms with Crippen LogP contribution in [0.5, 0.6) is 5.75 Å². The summed E-state index contributed by atoms with van der Waals surface area (Å²) in [7, 11) is 1.58. The van der Waals surface area contributed by atoms with Crippen LogP contribution < -0.4 is 10.1 Å². The van der Waals surface area contributed by atoms with E-state index in [-0.39, 0.29) is 0 Å². The molecule has 0 unspecified atom stereocenters. The molecular weight excluding hydrogens is 250 g/mol. The summed E-state index contributed by atoms with van der Waals surface area (Å²) in [6.07, 6.45) is 0. The van der Waals surface area contributed by atoms with E-state index in [0.29, 0.717) is 11.4 Å². The molecule has 1 N–H and O–H groups in total. The highest BCUT2D eigenvalue weighted by Gasteiger charge is 2.03. The minimum atomic E-state index is 0.589. The molecule has 18 heavy (non-hydrogen) atoms. The fourth-order valence-corrected chi connectivity index (χ4v) is 1.65. The van der Waals surface area contributed by atoms with E-state index in [1.807, 2.05) is 42.5 Å². The standard InChI is InChI=1S/C13H12ClN3O/c1-18-13-9-11(7-8-12(13)16-17-14)15-10-5-3-2-4-6-10/h2-9,15H,1H3. The van der Waals surface area contributed by atoms with E-state index >= 15 is 0 Å². The average Bonchev–Trinajstić information content (AvgIpc) is 2.42. The molecule has 0 bridgehead atoms. The predicted molar refractivity (Wildman–Crippen MR) is 73.1 cm³/mol. The third kappa shape index (κ3) is 2.99. The maximum atomic E-state index is 5.22. The smallest absolute Gasteiger partial charge is 0.148 e. The van der Waals surface area contributed by atoms with Crippen molar-refractivity contribution in [1.82, 2.24) is 0 Å². The van der Waals surface area contributed by atoms with Gasteiger partial charge in [0.05, 0.1) is 18.9 Å². The van der Waals surface area contributed by atoms with Crippen molar-refractivity contribution < 1.29 is 4.74 Å². The quantitative estimate of drug-likeness (QED) is 0.813. The summed E-state index contributed by atoms with van der Waals surface area (Å²) in [5, 5.41) is 7.03. The van der Waals surface area contributed by atoms with Gasteiger partial charge in [0.2, 0.25) is 0 Å². The summed E-state index contributed by atoms with van der Waals surface area (Å²) in [6, 6.07) is 15.4. The highest BCUT2D eigenvalue weighted by atomic mass is 35.5. The summed E-state index contributed by atoms with van der Waals surface area (Å²) < 4.78 is 8.45. The number of para-hydroxylation sites is 1. The summed E-state index contributed by atoms with van der Waals surface area (Å²) in [5.41, 5.74) is 2.50. The molecule has 2 rings (SSSR count). The largest absolute Gasteiger partial charge is 0.494 e. The van der Waals surface area contributed by atoms with Crippen LogP contribution >= 0.6 is 11.8 Å². The zero-order chi connectivity index (χ0) is 12.8. The molecule has 0 heterocycles. The summed E-state index contributed by atoms with van der Waals surface area (Å²) >= 11 is 5.22. The second-order valence-corrected chi connectivity index (χ2v) is 3.70. The fraction of sp³-hybridized carbons (Fsp3) is 0.0769. The Labute approximate surface area is 110 Å². The van der Waals surface area contributed by atoms with Gasteiger partial charge in [0.15, 0.2) is 0 Å². The Balaban J connectivity index is 2.25. The normalized spacial score (nSPS) is 10.6. The Hall–Kier alpha value is -2.07. The van der Waals surface area contributed by atoms with Gasteiger partial charge in [-0.25, -0.2) is 0 Å². The minimum Gasteiger partial charge on any atom is -0.494 e. The number of ether oxygens (including phenoxy) is 1. The van der Waals surface area contributed by atoms with Gasteiger partial charge in [-0.2, -0.15) is 0 Å². The first-order valence-corrected chi connectivity index (χ1v) is 5.69. The van der Waals surface area contributed by atoms with Crippen LogP contribution in [0.3, 0.4) is 0 Å². The van der Waals surface area contributed by atoms with Gasteiger partial charge >= 0.3 is 0 Å². The van der Waals surface area contributed by atoms with Gasteiger partial charge in [-0.15, -0.1) is 5.11 Å². The van der Waals surface area contributed by atoms with Gasteiger partial charge in [0.1, 0.15) is 11.4 Å². The molecule has 0 spiro atoms. The number of methoxy groups -OCH3 is 1. The number of nitrogens with zero attached hydrogens (tertiary/aromatic N) is 2. The van der Waals surface area contributed by atoms with Gasteiger partial charge in [-0.05, 0) is 24.3 Å². The van der Waals surface area contributed by atoms with Crippen molar-refractivity contribution in [3.05, 3.63) is 48.5 Å². The van der Waals surface area contributed by atoms with Crippen LogP contribution in [0, 0.1) is 0 Å². The fourth-order valence-electron chi connectivity index (χ4n) is 1.57. The molecule has 0 aliphatic heterocycles. The highest BCUT2D eigenvalue weighted by Crippen LogP contribution is 2.32. The van der Waals surface area contributed by atoms with Gasteiger partial charge in [0.25, 0.3) is 0 Å². The lowest BCUT2D eigenvalue weighted by atomic mass is 10.2. The van der Waals surface area contributed by atoms with Crippen molar-refractivity contribution in [2.24, 2.45) is 9.75 Å². The number of hydrogen-bond acceptors (Lipinski definition) is 4. The molecule has 0 aliphatic carbocycles. The van der Waals surface area contributed by atoms with Crippen LogP contribution in [-0.2, 0) is 0 Å². The lowest BCUT2D eigenvalue weighted by Crippen LogP contribution is -1.91. The molecule has 5 heteroatoms. The van der Waals surface area contributed by atoms with Crippen LogP contribution in [0.1, 0.15) is 0 Å². The number of nitrogens with one attached hydrogen (secondary N) is 1. The third-order valence-electron chi connectivity index (χ3n) is 2.39. The third-order valence-corrected chi connectivity index (χ3v) is 2.46.